The predicted molar refractivity (Wildman–Crippen MR) is 125 cm³/mol. The van der Waals surface area contributed by atoms with Crippen molar-refractivity contribution in [2.24, 2.45) is 0 Å². The molecule has 1 aromatic carbocycles. The van der Waals surface area contributed by atoms with Gasteiger partial charge in [-0.2, -0.15) is 0 Å². The SMILES string of the molecule is CCOC(=O)CCC1CNc2cccc(OC(=O)N(C)CC)c21.O=C(O)CC(O)(CC(=O)O)C(=O)O. The topological polar surface area (TPSA) is 200 Å². The van der Waals surface area contributed by atoms with Crippen molar-refractivity contribution < 1.29 is 53.9 Å². The Morgan fingerprint density at radius 1 is 1.08 bits per heavy atom. The Balaban J connectivity index is 0.000000426. The largest absolute Gasteiger partial charge is 0.481 e. The van der Waals surface area contributed by atoms with Crippen LogP contribution in [0.1, 0.15) is 51.0 Å². The van der Waals surface area contributed by atoms with Crippen molar-refractivity contribution in [3.63, 3.8) is 0 Å². The quantitative estimate of drug-likeness (QED) is 0.269. The number of hydrogen-bond acceptors (Lipinski definition) is 9. The van der Waals surface area contributed by atoms with E-state index in [1.54, 1.807) is 20.0 Å². The molecule has 0 saturated heterocycles. The van der Waals surface area contributed by atoms with E-state index in [0.717, 1.165) is 17.8 Å². The van der Waals surface area contributed by atoms with Crippen LogP contribution in [0.15, 0.2) is 18.2 Å². The second-order valence-corrected chi connectivity index (χ2v) is 8.00. The van der Waals surface area contributed by atoms with E-state index in [4.69, 9.17) is 29.9 Å². The number of anilines is 1. The van der Waals surface area contributed by atoms with Gasteiger partial charge in [-0.25, -0.2) is 9.59 Å². The molecule has 1 heterocycles. The number of amides is 1. The minimum absolute atomic E-state index is 0.130. The van der Waals surface area contributed by atoms with Gasteiger partial charge in [0.25, 0.3) is 0 Å². The third-order valence-electron chi connectivity index (χ3n) is 5.28. The summed E-state index contributed by atoms with van der Waals surface area (Å²) in [5.41, 5.74) is -0.810. The van der Waals surface area contributed by atoms with E-state index in [1.807, 2.05) is 19.1 Å². The van der Waals surface area contributed by atoms with Crippen molar-refractivity contribution in [2.45, 2.75) is 51.0 Å². The number of carboxylic acid groups (broad SMARTS) is 3. The second kappa shape index (κ2) is 13.9. The van der Waals surface area contributed by atoms with Crippen LogP contribution in [0.5, 0.6) is 5.75 Å². The van der Waals surface area contributed by atoms with Crippen LogP contribution >= 0.6 is 0 Å². The van der Waals surface area contributed by atoms with Crippen molar-refractivity contribution in [1.29, 1.82) is 0 Å². The fourth-order valence-electron chi connectivity index (χ4n) is 3.33. The smallest absolute Gasteiger partial charge is 0.414 e. The summed E-state index contributed by atoms with van der Waals surface area (Å²) >= 11 is 0. The normalized spacial score (nSPS) is 13.8. The van der Waals surface area contributed by atoms with E-state index in [1.165, 1.54) is 4.90 Å². The number of carbonyl (C=O) groups is 5. The number of ether oxygens (including phenoxy) is 2. The van der Waals surface area contributed by atoms with Gasteiger partial charge in [0.2, 0.25) is 0 Å². The molecule has 0 radical (unpaired) electrons. The molecule has 0 aromatic heterocycles. The number of nitrogens with zero attached hydrogens (tertiary/aromatic N) is 1. The number of carboxylic acids is 3. The molecular weight excluding hydrogens is 480 g/mol. The van der Waals surface area contributed by atoms with Gasteiger partial charge in [0.15, 0.2) is 5.60 Å². The van der Waals surface area contributed by atoms with Crippen molar-refractivity contribution in [3.05, 3.63) is 23.8 Å². The number of nitrogens with one attached hydrogen (secondary N) is 1. The molecule has 5 N–H and O–H groups in total. The highest BCUT2D eigenvalue weighted by Gasteiger charge is 2.40. The molecule has 36 heavy (non-hydrogen) atoms. The van der Waals surface area contributed by atoms with Gasteiger partial charge in [-0.05, 0) is 32.4 Å². The average Bonchev–Trinajstić information content (AvgIpc) is 3.20. The van der Waals surface area contributed by atoms with Crippen LogP contribution in [0.2, 0.25) is 0 Å². The Labute approximate surface area is 207 Å². The fourth-order valence-corrected chi connectivity index (χ4v) is 3.33. The molecule has 0 spiro atoms. The zero-order chi connectivity index (χ0) is 27.5. The summed E-state index contributed by atoms with van der Waals surface area (Å²) in [4.78, 5) is 55.6. The van der Waals surface area contributed by atoms with Crippen LogP contribution in [-0.4, -0.2) is 87.6 Å². The maximum Gasteiger partial charge on any atom is 0.414 e. The lowest BCUT2D eigenvalue weighted by molar-refractivity contribution is -0.170. The Hall–Kier alpha value is -3.87. The molecule has 0 aliphatic carbocycles. The molecule has 200 valence electrons. The Kier molecular flexibility index (Phi) is 11.6. The Morgan fingerprint density at radius 2 is 1.69 bits per heavy atom. The molecule has 2 rings (SSSR count). The van der Waals surface area contributed by atoms with Crippen molar-refractivity contribution >= 4 is 35.7 Å². The van der Waals surface area contributed by atoms with Gasteiger partial charge in [-0.15, -0.1) is 0 Å². The van der Waals surface area contributed by atoms with E-state index < -0.39 is 36.4 Å². The lowest BCUT2D eigenvalue weighted by atomic mass is 9.95. The summed E-state index contributed by atoms with van der Waals surface area (Å²) in [5, 5.41) is 37.1. The van der Waals surface area contributed by atoms with Gasteiger partial charge >= 0.3 is 30.0 Å². The van der Waals surface area contributed by atoms with Crippen molar-refractivity contribution in [2.75, 3.05) is 32.1 Å². The number of hydrogen-bond donors (Lipinski definition) is 5. The molecule has 13 nitrogen and oxygen atoms in total. The van der Waals surface area contributed by atoms with Gasteiger partial charge in [0.05, 0.1) is 19.4 Å². The molecule has 0 saturated carbocycles. The standard InChI is InChI=1S/C17H24N2O4.C6H8O7/c1-4-19(3)17(21)23-14-8-6-7-13-16(14)12(11-18-13)9-10-15(20)22-5-2;7-3(8)1-6(13,5(11)12)2-4(9)10/h6-8,12,18H,4-5,9-11H2,1-3H3;13H,1-2H2,(H,7,8)(H,9,10)(H,11,12). The zero-order valence-corrected chi connectivity index (χ0v) is 20.4. The molecule has 1 atom stereocenters. The minimum Gasteiger partial charge on any atom is -0.481 e. The Bertz CT molecular complexity index is 947. The first-order chi connectivity index (χ1) is 16.8. The molecule has 1 amide bonds. The fraction of sp³-hybridized carbons (Fsp3) is 0.522. The summed E-state index contributed by atoms with van der Waals surface area (Å²) in [6.45, 7) is 5.39. The van der Waals surface area contributed by atoms with Crippen LogP contribution in [0.4, 0.5) is 10.5 Å². The number of esters is 1. The number of aliphatic hydroxyl groups is 1. The number of fused-ring (bicyclic) bond motifs is 1. The van der Waals surface area contributed by atoms with Crippen molar-refractivity contribution in [1.82, 2.24) is 4.90 Å². The van der Waals surface area contributed by atoms with Gasteiger partial charge < -0.3 is 40.1 Å². The summed E-state index contributed by atoms with van der Waals surface area (Å²) in [6.07, 6.45) is -1.64. The lowest BCUT2D eigenvalue weighted by Crippen LogP contribution is -2.42. The average molecular weight is 513 g/mol. The zero-order valence-electron chi connectivity index (χ0n) is 20.4. The monoisotopic (exact) mass is 512 g/mol. The third-order valence-corrected chi connectivity index (χ3v) is 5.28. The maximum atomic E-state index is 12.0. The van der Waals surface area contributed by atoms with E-state index in [-0.39, 0.29) is 18.0 Å². The lowest BCUT2D eigenvalue weighted by Gasteiger charge is -2.18. The summed E-state index contributed by atoms with van der Waals surface area (Å²) < 4.78 is 10.5. The number of aliphatic carboxylic acids is 3. The highest BCUT2D eigenvalue weighted by atomic mass is 16.6. The minimum atomic E-state index is -2.74. The first kappa shape index (κ1) is 30.2. The summed E-state index contributed by atoms with van der Waals surface area (Å²) in [5.74, 6) is -4.52. The number of benzene rings is 1. The van der Waals surface area contributed by atoms with Crippen LogP contribution in [-0.2, 0) is 23.9 Å². The van der Waals surface area contributed by atoms with Gasteiger partial charge in [0, 0.05) is 43.7 Å². The molecule has 1 aliphatic rings. The van der Waals surface area contributed by atoms with Crippen LogP contribution in [0, 0.1) is 0 Å². The Morgan fingerprint density at radius 3 is 2.19 bits per heavy atom. The first-order valence-corrected chi connectivity index (χ1v) is 11.2. The van der Waals surface area contributed by atoms with Gasteiger partial charge in [-0.3, -0.25) is 14.4 Å². The predicted octanol–water partition coefficient (Wildman–Crippen LogP) is 1.74. The van der Waals surface area contributed by atoms with Crippen molar-refractivity contribution in [3.8, 4) is 5.75 Å². The van der Waals surface area contributed by atoms with E-state index in [2.05, 4.69) is 5.32 Å². The summed E-state index contributed by atoms with van der Waals surface area (Å²) in [6, 6.07) is 5.61. The van der Waals surface area contributed by atoms with E-state index in [9.17, 15) is 24.0 Å². The number of carbonyl (C=O) groups excluding carboxylic acids is 2. The van der Waals surface area contributed by atoms with E-state index in [0.29, 0.717) is 31.7 Å². The highest BCUT2D eigenvalue weighted by molar-refractivity contribution is 5.88. The summed E-state index contributed by atoms with van der Waals surface area (Å²) in [7, 11) is 1.70. The molecule has 0 bridgehead atoms. The first-order valence-electron chi connectivity index (χ1n) is 11.2. The molecule has 0 fully saturated rings. The molecule has 1 aliphatic heterocycles. The molecule has 13 heteroatoms. The van der Waals surface area contributed by atoms with E-state index >= 15 is 0 Å². The molecule has 1 aromatic rings. The van der Waals surface area contributed by atoms with Gasteiger partial charge in [-0.1, -0.05) is 6.07 Å². The third kappa shape index (κ3) is 9.06. The number of rotatable bonds is 11. The van der Waals surface area contributed by atoms with Crippen LogP contribution < -0.4 is 10.1 Å². The molecular formula is C23H32N2O11. The highest BCUT2D eigenvalue weighted by Crippen LogP contribution is 2.41. The maximum absolute atomic E-state index is 12.0. The van der Waals surface area contributed by atoms with Crippen LogP contribution in [0.3, 0.4) is 0 Å². The van der Waals surface area contributed by atoms with Gasteiger partial charge in [0.1, 0.15) is 5.75 Å². The second-order valence-electron chi connectivity index (χ2n) is 8.00. The molecule has 1 unspecified atom stereocenters. The van der Waals surface area contributed by atoms with Crippen LogP contribution in [0.25, 0.3) is 0 Å².